The standard InChI is InChI=1S/C40H54O3/c1-28(17-13-19-30(3)21-23-34-32(5)36(41)25-26-39(34,7)8)15-11-12-16-29(2)18-14-20-31(4)22-24-35-33(6)38(43)37(42)27-40(35,9)10/h11-24,36-37,41-42H,25-27H2,1-10H3/b12-11+,17-13+,18-14+,23-21+,24-22+,28-15+,29-16+,30-19+,31-20+. The van der Waals surface area contributed by atoms with E-state index in [1.54, 1.807) is 0 Å². The molecule has 0 heterocycles. The Kier molecular flexibility index (Phi) is 13.4. The first-order valence-corrected chi connectivity index (χ1v) is 15.5. The molecule has 0 aromatic carbocycles. The van der Waals surface area contributed by atoms with E-state index in [9.17, 15) is 15.0 Å². The maximum Gasteiger partial charge on any atom is 0.187 e. The molecule has 2 aliphatic carbocycles. The Labute approximate surface area is 261 Å². The van der Waals surface area contributed by atoms with E-state index < -0.39 is 6.10 Å². The van der Waals surface area contributed by atoms with Gasteiger partial charge in [0.25, 0.3) is 0 Å². The summed E-state index contributed by atoms with van der Waals surface area (Å²) in [6, 6.07) is 0. The van der Waals surface area contributed by atoms with Gasteiger partial charge in [0.1, 0.15) is 6.10 Å². The van der Waals surface area contributed by atoms with E-state index in [2.05, 4.69) is 103 Å². The Balaban J connectivity index is 1.94. The molecule has 43 heavy (non-hydrogen) atoms. The number of allylic oxidation sites excluding steroid dienone is 20. The highest BCUT2D eigenvalue weighted by molar-refractivity contribution is 6.00. The monoisotopic (exact) mass is 582 g/mol. The fourth-order valence-electron chi connectivity index (χ4n) is 5.62. The summed E-state index contributed by atoms with van der Waals surface area (Å²) in [6.07, 6.45) is 30.1. The van der Waals surface area contributed by atoms with Crippen LogP contribution in [0.5, 0.6) is 0 Å². The van der Waals surface area contributed by atoms with Crippen molar-refractivity contribution < 1.29 is 15.0 Å². The number of carbonyl (C=O) groups is 1. The molecule has 0 aliphatic heterocycles. The summed E-state index contributed by atoms with van der Waals surface area (Å²) in [5, 5.41) is 20.3. The van der Waals surface area contributed by atoms with Crippen LogP contribution in [0, 0.1) is 10.8 Å². The van der Waals surface area contributed by atoms with Crippen LogP contribution in [0.1, 0.15) is 88.5 Å². The molecule has 0 amide bonds. The second-order valence-electron chi connectivity index (χ2n) is 13.5. The van der Waals surface area contributed by atoms with Crippen molar-refractivity contribution in [1.82, 2.24) is 0 Å². The van der Waals surface area contributed by atoms with Crippen molar-refractivity contribution in [3.05, 3.63) is 130 Å². The average molecular weight is 583 g/mol. The summed E-state index contributed by atoms with van der Waals surface area (Å²) in [6.45, 7) is 20.8. The third kappa shape index (κ3) is 11.1. The Morgan fingerprint density at radius 1 is 0.651 bits per heavy atom. The van der Waals surface area contributed by atoms with E-state index >= 15 is 0 Å². The molecule has 0 aromatic rings. The summed E-state index contributed by atoms with van der Waals surface area (Å²) in [7, 11) is 0. The number of aliphatic hydroxyl groups is 2. The molecule has 2 rings (SSSR count). The van der Waals surface area contributed by atoms with Crippen LogP contribution in [-0.4, -0.2) is 28.2 Å². The van der Waals surface area contributed by atoms with Gasteiger partial charge in [-0.25, -0.2) is 0 Å². The Hall–Kier alpha value is -3.27. The summed E-state index contributed by atoms with van der Waals surface area (Å²) in [5.41, 5.74) is 8.40. The van der Waals surface area contributed by atoms with Crippen molar-refractivity contribution in [2.24, 2.45) is 10.8 Å². The minimum atomic E-state index is -0.898. The molecule has 232 valence electrons. The molecule has 3 heteroatoms. The Morgan fingerprint density at radius 2 is 1.09 bits per heavy atom. The Bertz CT molecular complexity index is 1370. The van der Waals surface area contributed by atoms with Crippen molar-refractivity contribution in [3.8, 4) is 0 Å². The highest BCUT2D eigenvalue weighted by Crippen LogP contribution is 2.41. The minimum Gasteiger partial charge on any atom is -0.389 e. The van der Waals surface area contributed by atoms with Gasteiger partial charge in [0.2, 0.25) is 0 Å². The van der Waals surface area contributed by atoms with Crippen LogP contribution < -0.4 is 0 Å². The molecule has 0 saturated carbocycles. The van der Waals surface area contributed by atoms with E-state index in [4.69, 9.17) is 0 Å². The fourth-order valence-corrected chi connectivity index (χ4v) is 5.62. The SMILES string of the molecule is CC1=C(/C=C/C(C)=C/C=C/C(C)=C/C=C/C=C(C)/C=C/C=C(C)/C=C/C2=C(C)C(O)CCC2(C)C)C(C)(C)CC(O)C1=O. The van der Waals surface area contributed by atoms with Gasteiger partial charge < -0.3 is 10.2 Å². The predicted molar refractivity (Wildman–Crippen MR) is 185 cm³/mol. The maximum atomic E-state index is 12.2. The smallest absolute Gasteiger partial charge is 0.187 e. The zero-order valence-electron chi connectivity index (χ0n) is 28.2. The molecule has 2 aliphatic rings. The lowest BCUT2D eigenvalue weighted by molar-refractivity contribution is -0.125. The van der Waals surface area contributed by atoms with E-state index in [0.29, 0.717) is 12.0 Å². The Morgan fingerprint density at radius 3 is 1.60 bits per heavy atom. The molecule has 0 spiro atoms. The molecule has 0 radical (unpaired) electrons. The maximum absolute atomic E-state index is 12.2. The first-order chi connectivity index (χ1) is 20.0. The summed E-state index contributed by atoms with van der Waals surface area (Å²) < 4.78 is 0. The first kappa shape index (κ1) is 35.9. The lowest BCUT2D eigenvalue weighted by Gasteiger charge is -2.35. The fraction of sp³-hybridized carbons (Fsp3) is 0.425. The first-order valence-electron chi connectivity index (χ1n) is 15.5. The van der Waals surface area contributed by atoms with Crippen molar-refractivity contribution in [2.45, 2.75) is 101 Å². The van der Waals surface area contributed by atoms with Crippen LogP contribution >= 0.6 is 0 Å². The van der Waals surface area contributed by atoms with Crippen LogP contribution in [0.15, 0.2) is 130 Å². The molecule has 0 bridgehead atoms. The minimum absolute atomic E-state index is 0.0939. The van der Waals surface area contributed by atoms with Crippen LogP contribution in [-0.2, 0) is 4.79 Å². The van der Waals surface area contributed by atoms with E-state index in [-0.39, 0.29) is 22.7 Å². The molecule has 2 unspecified atom stereocenters. The van der Waals surface area contributed by atoms with Gasteiger partial charge in [0.05, 0.1) is 6.10 Å². The number of aliphatic hydroxyl groups excluding tert-OH is 2. The third-order valence-corrected chi connectivity index (χ3v) is 8.50. The lowest BCUT2D eigenvalue weighted by atomic mass is 9.71. The van der Waals surface area contributed by atoms with E-state index in [1.807, 2.05) is 51.2 Å². The van der Waals surface area contributed by atoms with Gasteiger partial charge in [-0.2, -0.15) is 0 Å². The second-order valence-corrected chi connectivity index (χ2v) is 13.5. The predicted octanol–water partition coefficient (Wildman–Crippen LogP) is 9.73. The normalized spacial score (nSPS) is 24.8. The van der Waals surface area contributed by atoms with Gasteiger partial charge >= 0.3 is 0 Å². The molecule has 0 aromatic heterocycles. The zero-order valence-corrected chi connectivity index (χ0v) is 28.2. The quantitative estimate of drug-likeness (QED) is 0.252. The molecule has 3 nitrogen and oxygen atoms in total. The lowest BCUT2D eigenvalue weighted by Crippen LogP contribution is -2.35. The van der Waals surface area contributed by atoms with Crippen LogP contribution in [0.2, 0.25) is 0 Å². The van der Waals surface area contributed by atoms with Crippen LogP contribution in [0.4, 0.5) is 0 Å². The molecule has 0 saturated heterocycles. The highest BCUT2D eigenvalue weighted by atomic mass is 16.3. The number of hydrogen-bond acceptors (Lipinski definition) is 3. The average Bonchev–Trinajstić information content (AvgIpc) is 2.91. The van der Waals surface area contributed by atoms with E-state index in [1.165, 1.54) is 11.1 Å². The van der Waals surface area contributed by atoms with Gasteiger partial charge in [0.15, 0.2) is 5.78 Å². The van der Waals surface area contributed by atoms with Gasteiger partial charge in [-0.1, -0.05) is 135 Å². The van der Waals surface area contributed by atoms with E-state index in [0.717, 1.165) is 40.7 Å². The van der Waals surface area contributed by atoms with Gasteiger partial charge in [0, 0.05) is 0 Å². The number of hydrogen-bond donors (Lipinski definition) is 2. The second kappa shape index (κ2) is 16.0. The highest BCUT2D eigenvalue weighted by Gasteiger charge is 2.36. The summed E-state index contributed by atoms with van der Waals surface area (Å²) in [4.78, 5) is 12.2. The number of Topliss-reactive ketones (excluding diaryl/α,β-unsaturated/α-hetero) is 1. The van der Waals surface area contributed by atoms with Crippen LogP contribution in [0.25, 0.3) is 0 Å². The van der Waals surface area contributed by atoms with Gasteiger partial charge in [-0.3, -0.25) is 4.79 Å². The van der Waals surface area contributed by atoms with Gasteiger partial charge in [-0.15, -0.1) is 0 Å². The van der Waals surface area contributed by atoms with Gasteiger partial charge in [-0.05, 0) is 93.9 Å². The summed E-state index contributed by atoms with van der Waals surface area (Å²) in [5.74, 6) is -0.167. The largest absolute Gasteiger partial charge is 0.389 e. The van der Waals surface area contributed by atoms with Crippen molar-refractivity contribution in [3.63, 3.8) is 0 Å². The number of rotatable bonds is 10. The molecule has 2 atom stereocenters. The number of ketones is 1. The molecular weight excluding hydrogens is 528 g/mol. The van der Waals surface area contributed by atoms with Crippen molar-refractivity contribution >= 4 is 5.78 Å². The summed E-state index contributed by atoms with van der Waals surface area (Å²) >= 11 is 0. The molecule has 0 fully saturated rings. The van der Waals surface area contributed by atoms with Crippen molar-refractivity contribution in [1.29, 1.82) is 0 Å². The van der Waals surface area contributed by atoms with Crippen molar-refractivity contribution in [2.75, 3.05) is 0 Å². The molecule has 2 N–H and O–H groups in total. The topological polar surface area (TPSA) is 57.5 Å². The zero-order chi connectivity index (χ0) is 32.4. The third-order valence-electron chi connectivity index (χ3n) is 8.50. The number of carbonyl (C=O) groups excluding carboxylic acids is 1. The van der Waals surface area contributed by atoms with Crippen LogP contribution in [0.3, 0.4) is 0 Å². The molecular formula is C40H54O3.